The van der Waals surface area contributed by atoms with Gasteiger partial charge in [-0.2, -0.15) is 0 Å². The number of rotatable bonds is 79. The van der Waals surface area contributed by atoms with E-state index in [1.165, 1.54) is 250 Å². The number of aliphatic hydroxyl groups is 1. The molecule has 5 atom stereocenters. The highest BCUT2D eigenvalue weighted by Crippen LogP contribution is 2.45. The molecule has 0 rings (SSSR count). The zero-order chi connectivity index (χ0) is 71.1. The summed E-state index contributed by atoms with van der Waals surface area (Å²) in [7, 11) is -9.91. The van der Waals surface area contributed by atoms with E-state index in [2.05, 4.69) is 27.7 Å². The summed E-state index contributed by atoms with van der Waals surface area (Å²) in [5, 5.41) is 10.6. The molecule has 19 heteroatoms. The second-order valence-electron chi connectivity index (χ2n) is 28.1. The van der Waals surface area contributed by atoms with Crippen LogP contribution in [0.1, 0.15) is 419 Å². The maximum atomic E-state index is 13.1. The average Bonchev–Trinajstić information content (AvgIpc) is 1.35. The molecule has 0 spiro atoms. The first-order valence-electron chi connectivity index (χ1n) is 40.8. The number of unbranched alkanes of at least 4 members (excludes halogenated alkanes) is 53. The normalized spacial score (nSPS) is 13.8. The predicted molar refractivity (Wildman–Crippen MR) is 395 cm³/mol. The third kappa shape index (κ3) is 72.2. The van der Waals surface area contributed by atoms with Crippen LogP contribution in [0.3, 0.4) is 0 Å². The largest absolute Gasteiger partial charge is 0.472 e. The second-order valence-corrected chi connectivity index (χ2v) is 31.0. The molecule has 576 valence electrons. The smallest absolute Gasteiger partial charge is 0.462 e. The topological polar surface area (TPSA) is 237 Å². The molecule has 0 saturated carbocycles. The first-order valence-corrected chi connectivity index (χ1v) is 43.8. The first-order chi connectivity index (χ1) is 47.2. The number of phosphoric ester groups is 2. The molecule has 0 amide bonds. The molecule has 97 heavy (non-hydrogen) atoms. The molecule has 0 fully saturated rings. The molecule has 0 saturated heterocycles. The number of ether oxygens (including phenoxy) is 4. The molecule has 0 bridgehead atoms. The van der Waals surface area contributed by atoms with Gasteiger partial charge in [0.25, 0.3) is 0 Å². The van der Waals surface area contributed by atoms with Crippen molar-refractivity contribution in [2.24, 2.45) is 0 Å². The van der Waals surface area contributed by atoms with E-state index in [9.17, 15) is 43.2 Å². The van der Waals surface area contributed by atoms with Crippen LogP contribution in [0.4, 0.5) is 0 Å². The minimum absolute atomic E-state index is 0.108. The van der Waals surface area contributed by atoms with Gasteiger partial charge in [-0.05, 0) is 25.7 Å². The highest BCUT2D eigenvalue weighted by Gasteiger charge is 2.30. The summed E-state index contributed by atoms with van der Waals surface area (Å²) in [4.78, 5) is 72.8. The number of aliphatic hydroxyl groups excluding tert-OH is 1. The number of carbonyl (C=O) groups is 4. The van der Waals surface area contributed by atoms with E-state index in [1.807, 2.05) is 0 Å². The summed E-state index contributed by atoms with van der Waals surface area (Å²) >= 11 is 0. The lowest BCUT2D eigenvalue weighted by atomic mass is 10.0. The van der Waals surface area contributed by atoms with Crippen LogP contribution in [0, 0.1) is 0 Å². The molecule has 0 aromatic carbocycles. The number of hydrogen-bond donors (Lipinski definition) is 3. The Morgan fingerprint density at radius 3 is 0.608 bits per heavy atom. The Bertz CT molecular complexity index is 1840. The van der Waals surface area contributed by atoms with Crippen molar-refractivity contribution < 1.29 is 80.2 Å². The summed E-state index contributed by atoms with van der Waals surface area (Å²) < 4.78 is 68.5. The Morgan fingerprint density at radius 1 is 0.247 bits per heavy atom. The molecule has 0 radical (unpaired) electrons. The third-order valence-electron chi connectivity index (χ3n) is 18.4. The van der Waals surface area contributed by atoms with Crippen molar-refractivity contribution >= 4 is 39.5 Å². The van der Waals surface area contributed by atoms with Gasteiger partial charge in [0.05, 0.1) is 26.4 Å². The van der Waals surface area contributed by atoms with Crippen molar-refractivity contribution in [3.63, 3.8) is 0 Å². The van der Waals surface area contributed by atoms with Gasteiger partial charge in [-0.1, -0.05) is 368 Å². The molecular formula is C78H152O17P2. The van der Waals surface area contributed by atoms with E-state index in [0.717, 1.165) is 89.9 Å². The van der Waals surface area contributed by atoms with E-state index in [-0.39, 0.29) is 25.7 Å². The molecular weight excluding hydrogens is 1270 g/mol. The minimum atomic E-state index is -4.96. The van der Waals surface area contributed by atoms with Gasteiger partial charge >= 0.3 is 39.5 Å². The molecule has 0 aromatic heterocycles. The van der Waals surface area contributed by atoms with Crippen LogP contribution in [0.15, 0.2) is 0 Å². The van der Waals surface area contributed by atoms with E-state index < -0.39 is 97.5 Å². The van der Waals surface area contributed by atoms with E-state index in [1.54, 1.807) is 0 Å². The lowest BCUT2D eigenvalue weighted by molar-refractivity contribution is -0.161. The van der Waals surface area contributed by atoms with Gasteiger partial charge in [0.15, 0.2) is 12.2 Å². The SMILES string of the molecule is CCCCCCCCCCCCCCCCCCCCCCCCC(=O)O[C@H](COC(=O)CCCCCCCCCCCCCCCC)COP(=O)(O)OC[C@@H](O)COP(=O)(O)OC[C@@H](COC(=O)CCCCCCCCCCCC)OC(=O)CCCCCCCCCCCCC. The molecule has 2 unspecified atom stereocenters. The van der Waals surface area contributed by atoms with Crippen LogP contribution in [-0.4, -0.2) is 96.7 Å². The van der Waals surface area contributed by atoms with Crippen LogP contribution in [-0.2, 0) is 65.4 Å². The van der Waals surface area contributed by atoms with Gasteiger partial charge in [0, 0.05) is 25.7 Å². The maximum absolute atomic E-state index is 13.1. The fraction of sp³-hybridized carbons (Fsp3) is 0.949. The number of hydrogen-bond acceptors (Lipinski definition) is 15. The summed E-state index contributed by atoms with van der Waals surface area (Å²) in [5.74, 6) is -2.11. The minimum Gasteiger partial charge on any atom is -0.462 e. The lowest BCUT2D eigenvalue weighted by Crippen LogP contribution is -2.30. The van der Waals surface area contributed by atoms with Gasteiger partial charge in [0.1, 0.15) is 19.3 Å². The number of phosphoric acid groups is 2. The van der Waals surface area contributed by atoms with E-state index >= 15 is 0 Å². The summed E-state index contributed by atoms with van der Waals surface area (Å²) in [5.41, 5.74) is 0. The van der Waals surface area contributed by atoms with Crippen LogP contribution in [0.5, 0.6) is 0 Å². The van der Waals surface area contributed by atoms with E-state index in [4.69, 9.17) is 37.0 Å². The van der Waals surface area contributed by atoms with Crippen molar-refractivity contribution in [1.29, 1.82) is 0 Å². The van der Waals surface area contributed by atoms with E-state index in [0.29, 0.717) is 25.7 Å². The summed E-state index contributed by atoms with van der Waals surface area (Å²) in [6.07, 6.45) is 63.8. The van der Waals surface area contributed by atoms with Crippen molar-refractivity contribution in [1.82, 2.24) is 0 Å². The van der Waals surface area contributed by atoms with Gasteiger partial charge in [-0.3, -0.25) is 37.3 Å². The Balaban J connectivity index is 5.18. The predicted octanol–water partition coefficient (Wildman–Crippen LogP) is 23.4. The molecule has 0 heterocycles. The summed E-state index contributed by atoms with van der Waals surface area (Å²) in [6.45, 7) is 4.99. The Hall–Kier alpha value is -1.94. The molecule has 0 aliphatic heterocycles. The van der Waals surface area contributed by atoms with Crippen molar-refractivity contribution in [3.05, 3.63) is 0 Å². The molecule has 3 N–H and O–H groups in total. The Kier molecular flexibility index (Phi) is 71.0. The van der Waals surface area contributed by atoms with Gasteiger partial charge in [-0.15, -0.1) is 0 Å². The Labute approximate surface area is 594 Å². The number of carbonyl (C=O) groups excluding carboxylic acids is 4. The highest BCUT2D eigenvalue weighted by molar-refractivity contribution is 7.47. The van der Waals surface area contributed by atoms with Crippen molar-refractivity contribution in [2.45, 2.75) is 438 Å². The summed E-state index contributed by atoms with van der Waals surface area (Å²) in [6, 6.07) is 0. The van der Waals surface area contributed by atoms with Gasteiger partial charge < -0.3 is 33.8 Å². The quantitative estimate of drug-likeness (QED) is 0.0222. The number of esters is 4. The van der Waals surface area contributed by atoms with Crippen LogP contribution in [0.25, 0.3) is 0 Å². The van der Waals surface area contributed by atoms with Crippen LogP contribution in [0.2, 0.25) is 0 Å². The Morgan fingerprint density at radius 2 is 0.412 bits per heavy atom. The monoisotopic (exact) mass is 1420 g/mol. The zero-order valence-corrected chi connectivity index (χ0v) is 64.8. The molecule has 17 nitrogen and oxygen atoms in total. The van der Waals surface area contributed by atoms with Crippen LogP contribution >= 0.6 is 15.6 Å². The van der Waals surface area contributed by atoms with Crippen LogP contribution < -0.4 is 0 Å². The molecule has 0 aliphatic carbocycles. The third-order valence-corrected chi connectivity index (χ3v) is 20.3. The average molecular weight is 1420 g/mol. The highest BCUT2D eigenvalue weighted by atomic mass is 31.2. The van der Waals surface area contributed by atoms with Crippen molar-refractivity contribution in [2.75, 3.05) is 39.6 Å². The van der Waals surface area contributed by atoms with Crippen molar-refractivity contribution in [3.8, 4) is 0 Å². The zero-order valence-electron chi connectivity index (χ0n) is 63.1. The standard InChI is InChI=1S/C78H152O17P2/c1-5-9-13-17-21-25-29-31-33-34-35-36-37-38-39-40-42-45-49-53-57-61-65-78(83)95-74(69-89-76(81)63-59-55-51-47-44-41-32-30-26-22-18-14-10-6-2)71-93-97(86,87)91-67-72(79)66-90-96(84,85)92-70-73(68-88-75(80)62-58-54-50-46-28-24-20-16-12-8-4)94-77(82)64-60-56-52-48-43-27-23-19-15-11-7-3/h72-74,79H,5-71H2,1-4H3,(H,84,85)(H,86,87)/t72-,73+,74+/m0/s1. The van der Waals surface area contributed by atoms with Gasteiger partial charge in [-0.25, -0.2) is 9.13 Å². The fourth-order valence-corrected chi connectivity index (χ4v) is 13.7. The lowest BCUT2D eigenvalue weighted by Gasteiger charge is -2.21. The maximum Gasteiger partial charge on any atom is 0.472 e. The first kappa shape index (κ1) is 95.1. The second kappa shape index (κ2) is 72.4. The fourth-order valence-electron chi connectivity index (χ4n) is 12.1. The van der Waals surface area contributed by atoms with Gasteiger partial charge in [0.2, 0.25) is 0 Å². The molecule has 0 aromatic rings. The molecule has 0 aliphatic rings.